The maximum Gasteiger partial charge on any atom is 0.323 e. The van der Waals surface area contributed by atoms with E-state index in [9.17, 15) is 28.2 Å². The molecule has 1 aromatic carbocycles. The van der Waals surface area contributed by atoms with Gasteiger partial charge in [0.25, 0.3) is 0 Å². The first kappa shape index (κ1) is 22.9. The predicted octanol–water partition coefficient (Wildman–Crippen LogP) is 2.10. The number of ether oxygens (including phenoxy) is 1. The number of rotatable bonds is 7. The molecular formula is C22H23F3N4O4. The Morgan fingerprint density at radius 1 is 1.30 bits per heavy atom. The summed E-state index contributed by atoms with van der Waals surface area (Å²) in [5.74, 6) is 0.562. The van der Waals surface area contributed by atoms with Crippen LogP contribution in [0.25, 0.3) is 16.7 Å². The van der Waals surface area contributed by atoms with Crippen molar-refractivity contribution in [3.05, 3.63) is 69.6 Å². The first-order valence-electron chi connectivity index (χ1n) is 10.2. The number of imidazole rings is 1. The summed E-state index contributed by atoms with van der Waals surface area (Å²) in [6, 6.07) is 7.40. The zero-order valence-corrected chi connectivity index (χ0v) is 17.8. The zero-order valence-electron chi connectivity index (χ0n) is 17.8. The summed E-state index contributed by atoms with van der Waals surface area (Å²) in [6.07, 6.45) is -6.62. The lowest BCUT2D eigenvalue weighted by Crippen LogP contribution is -2.50. The highest BCUT2D eigenvalue weighted by Gasteiger charge is 2.49. The van der Waals surface area contributed by atoms with Crippen LogP contribution in [0.2, 0.25) is 0 Å². The van der Waals surface area contributed by atoms with E-state index in [0.29, 0.717) is 17.0 Å². The number of benzene rings is 1. The topological polar surface area (TPSA) is 114 Å². The van der Waals surface area contributed by atoms with E-state index in [1.807, 2.05) is 0 Å². The van der Waals surface area contributed by atoms with Crippen molar-refractivity contribution in [1.29, 1.82) is 0 Å². The Morgan fingerprint density at radius 2 is 2.06 bits per heavy atom. The average Bonchev–Trinajstić information content (AvgIpc) is 3.36. The van der Waals surface area contributed by atoms with Crippen molar-refractivity contribution in [1.82, 2.24) is 19.9 Å². The van der Waals surface area contributed by atoms with Crippen molar-refractivity contribution in [2.75, 3.05) is 20.5 Å². The number of alkyl halides is 3. The third kappa shape index (κ3) is 3.76. The molecule has 0 aliphatic carbocycles. The van der Waals surface area contributed by atoms with E-state index in [4.69, 9.17) is 4.74 Å². The molecule has 1 aliphatic heterocycles. The molecule has 2 aromatic heterocycles. The van der Waals surface area contributed by atoms with Crippen LogP contribution in [0, 0.1) is 0 Å². The quantitative estimate of drug-likeness (QED) is 0.426. The van der Waals surface area contributed by atoms with E-state index < -0.39 is 36.4 Å². The van der Waals surface area contributed by atoms with Gasteiger partial charge in [-0.05, 0) is 31.2 Å². The van der Waals surface area contributed by atoms with E-state index in [2.05, 4.69) is 15.0 Å². The van der Waals surface area contributed by atoms with Gasteiger partial charge in [-0.1, -0.05) is 6.07 Å². The summed E-state index contributed by atoms with van der Waals surface area (Å²) in [7, 11) is 1.77. The number of aliphatic hydroxyl groups excluding tert-OH is 1. The highest BCUT2D eigenvalue weighted by atomic mass is 19.2. The van der Waals surface area contributed by atoms with Crippen molar-refractivity contribution in [2.45, 2.75) is 31.0 Å². The molecule has 3 aromatic rings. The van der Waals surface area contributed by atoms with Gasteiger partial charge in [-0.15, -0.1) is 0 Å². The second kappa shape index (κ2) is 8.56. The van der Waals surface area contributed by atoms with Gasteiger partial charge < -0.3 is 29.8 Å². The lowest BCUT2D eigenvalue weighted by atomic mass is 9.80. The van der Waals surface area contributed by atoms with Crippen LogP contribution in [0.3, 0.4) is 0 Å². The van der Waals surface area contributed by atoms with Crippen molar-refractivity contribution >= 4 is 16.7 Å². The molecule has 0 radical (unpaired) electrons. The van der Waals surface area contributed by atoms with Crippen molar-refractivity contribution in [3.8, 4) is 0 Å². The normalized spacial score (nSPS) is 18.8. The molecule has 8 nitrogen and oxygen atoms in total. The Labute approximate surface area is 186 Å². The molecule has 4 rings (SSSR count). The van der Waals surface area contributed by atoms with Crippen LogP contribution in [0.5, 0.6) is 0 Å². The Hall–Kier alpha value is -3.31. The first-order chi connectivity index (χ1) is 15.7. The summed E-state index contributed by atoms with van der Waals surface area (Å²) in [6.45, 7) is 0.300. The molecule has 11 heteroatoms. The number of hydrogen-bond acceptors (Lipinski definition) is 6. The van der Waals surface area contributed by atoms with Crippen LogP contribution in [0.4, 0.5) is 13.2 Å². The minimum atomic E-state index is -2.79. The fourth-order valence-corrected chi connectivity index (χ4v) is 4.15. The van der Waals surface area contributed by atoms with Gasteiger partial charge in [0, 0.05) is 24.4 Å². The van der Waals surface area contributed by atoms with Gasteiger partial charge in [0.1, 0.15) is 18.5 Å². The molecular weight excluding hydrogens is 441 g/mol. The van der Waals surface area contributed by atoms with Crippen LogP contribution in [0.15, 0.2) is 47.1 Å². The van der Waals surface area contributed by atoms with Crippen LogP contribution < -0.4 is 5.69 Å². The number of nitrogens with zero attached hydrogens (tertiary/aromatic N) is 2. The second-order valence-corrected chi connectivity index (χ2v) is 7.94. The molecule has 0 bridgehead atoms. The third-order valence-electron chi connectivity index (χ3n) is 5.78. The maximum absolute atomic E-state index is 14.8. The van der Waals surface area contributed by atoms with Crippen LogP contribution >= 0.6 is 0 Å². The fraction of sp³-hybridized carbons (Fsp3) is 0.364. The van der Waals surface area contributed by atoms with Gasteiger partial charge >= 0.3 is 5.69 Å². The molecule has 0 saturated heterocycles. The molecule has 3 heterocycles. The molecule has 0 spiro atoms. The Balaban J connectivity index is 2.03. The van der Waals surface area contributed by atoms with E-state index >= 15 is 0 Å². The Morgan fingerprint density at radius 3 is 2.67 bits per heavy atom. The van der Waals surface area contributed by atoms with Crippen LogP contribution in [-0.2, 0) is 10.3 Å². The smallest absolute Gasteiger partial charge is 0.323 e. The zero-order chi connectivity index (χ0) is 23.9. The molecule has 0 amide bonds. The highest BCUT2D eigenvalue weighted by molar-refractivity contribution is 5.85. The monoisotopic (exact) mass is 464 g/mol. The number of aromatic amines is 2. The number of allylic oxidation sites excluding steroid dienone is 1. The first-order valence-corrected chi connectivity index (χ1v) is 10.2. The van der Waals surface area contributed by atoms with Gasteiger partial charge in [-0.2, -0.15) is 0 Å². The SMILES string of the molecule is CC1=C(c2cc(C(O)(c3ccccn3)C(O)C(F)C(F)CF)c3[nH]c(=O)[nH]c3c2)N(C)CO1. The van der Waals surface area contributed by atoms with Gasteiger partial charge in [0.15, 0.2) is 24.7 Å². The average molecular weight is 464 g/mol. The van der Waals surface area contributed by atoms with Crippen LogP contribution in [-0.4, -0.2) is 69.0 Å². The van der Waals surface area contributed by atoms with Gasteiger partial charge in [0.05, 0.1) is 22.4 Å². The summed E-state index contributed by atoms with van der Waals surface area (Å²) in [5, 5.41) is 22.7. The molecule has 4 unspecified atom stereocenters. The number of nitrogens with one attached hydrogen (secondary N) is 2. The summed E-state index contributed by atoms with van der Waals surface area (Å²) in [5.41, 5.74) is -2.22. The number of pyridine rings is 1. The summed E-state index contributed by atoms with van der Waals surface area (Å²) in [4.78, 5) is 23.0. The number of H-pyrrole nitrogens is 2. The van der Waals surface area contributed by atoms with Crippen molar-refractivity contribution in [2.24, 2.45) is 0 Å². The number of aliphatic hydroxyl groups is 2. The van der Waals surface area contributed by atoms with E-state index in [0.717, 1.165) is 0 Å². The molecule has 1 aliphatic rings. The molecule has 33 heavy (non-hydrogen) atoms. The number of hydrogen-bond donors (Lipinski definition) is 4. The largest absolute Gasteiger partial charge is 0.476 e. The molecule has 0 fully saturated rings. The summed E-state index contributed by atoms with van der Waals surface area (Å²) < 4.78 is 47.2. The molecule has 4 atom stereocenters. The Bertz CT molecular complexity index is 1250. The van der Waals surface area contributed by atoms with E-state index in [-0.39, 0.29) is 29.0 Å². The van der Waals surface area contributed by atoms with Gasteiger partial charge in [0.2, 0.25) is 0 Å². The van der Waals surface area contributed by atoms with Gasteiger partial charge in [-0.3, -0.25) is 4.98 Å². The van der Waals surface area contributed by atoms with E-state index in [1.54, 1.807) is 24.9 Å². The van der Waals surface area contributed by atoms with Gasteiger partial charge in [-0.25, -0.2) is 18.0 Å². The predicted molar refractivity (Wildman–Crippen MR) is 114 cm³/mol. The minimum Gasteiger partial charge on any atom is -0.476 e. The molecule has 0 saturated carbocycles. The van der Waals surface area contributed by atoms with Crippen molar-refractivity contribution in [3.63, 3.8) is 0 Å². The highest BCUT2D eigenvalue weighted by Crippen LogP contribution is 2.40. The lowest BCUT2D eigenvalue weighted by molar-refractivity contribution is -0.105. The Kier molecular flexibility index (Phi) is 5.93. The van der Waals surface area contributed by atoms with Crippen molar-refractivity contribution < 1.29 is 28.1 Å². The standard InChI is InChI=1S/C22H23F3N4O4/c1-11-19(29(2)10-33-11)12-7-13(18-15(8-12)27-21(31)28-18)22(32,16-5-3-4-6-26-16)20(30)17(25)14(24)9-23/h3-8,14,17,20,30,32H,9-10H2,1-2H3,(H2,27,28,31). The van der Waals surface area contributed by atoms with Crippen LogP contribution in [0.1, 0.15) is 23.7 Å². The minimum absolute atomic E-state index is 0.0543. The maximum atomic E-state index is 14.8. The lowest BCUT2D eigenvalue weighted by Gasteiger charge is -2.35. The molecule has 176 valence electrons. The molecule has 4 N–H and O–H groups in total. The second-order valence-electron chi connectivity index (χ2n) is 7.94. The van der Waals surface area contributed by atoms with E-state index in [1.165, 1.54) is 30.5 Å². The fourth-order valence-electron chi connectivity index (χ4n) is 4.15. The number of halogens is 3. The third-order valence-corrected chi connectivity index (χ3v) is 5.78. The number of fused-ring (bicyclic) bond motifs is 1. The summed E-state index contributed by atoms with van der Waals surface area (Å²) >= 11 is 0. The number of aromatic nitrogens is 3.